The van der Waals surface area contributed by atoms with Crippen LogP contribution in [0.15, 0.2) is 92.3 Å². The van der Waals surface area contributed by atoms with E-state index in [2.05, 4.69) is 27.2 Å². The predicted molar refractivity (Wildman–Crippen MR) is 165 cm³/mol. The van der Waals surface area contributed by atoms with Gasteiger partial charge in [-0.25, -0.2) is 4.99 Å². The Morgan fingerprint density at radius 2 is 1.95 bits per heavy atom. The molecule has 0 unspecified atom stereocenters. The molecule has 7 nitrogen and oxygen atoms in total. The predicted octanol–water partition coefficient (Wildman–Crippen LogP) is 5.31. The van der Waals surface area contributed by atoms with Gasteiger partial charge in [-0.15, -0.1) is 6.42 Å². The summed E-state index contributed by atoms with van der Waals surface area (Å²) < 4.78 is 14.0. The number of methoxy groups -OCH3 is 1. The van der Waals surface area contributed by atoms with Gasteiger partial charge in [0.05, 0.1) is 29.0 Å². The number of benzene rings is 3. The standard InChI is InChI=1S/C31H23BrClN3O4S/c1-4-14-40-28-20(15-21(32)17-24(28)39-3)16-25-30(38)36-27(19-10-12-22(33)13-11-19)26(18(2)34-31(36)41-25)29(37)35-23-8-6-5-7-9-23/h1,5-13,15-17,27H,14H2,2-3H3,(H,35,37)/b25-16-/t27-/m0/s1. The maximum Gasteiger partial charge on any atom is 0.271 e. The highest BCUT2D eigenvalue weighted by Gasteiger charge is 2.32. The second kappa shape index (κ2) is 12.2. The van der Waals surface area contributed by atoms with Crippen molar-refractivity contribution < 1.29 is 14.3 Å². The first-order valence-electron chi connectivity index (χ1n) is 12.4. The van der Waals surface area contributed by atoms with Gasteiger partial charge in [0.2, 0.25) is 0 Å². The third kappa shape index (κ3) is 5.86. The first kappa shape index (κ1) is 28.4. The summed E-state index contributed by atoms with van der Waals surface area (Å²) in [7, 11) is 1.53. The number of rotatable bonds is 7. The van der Waals surface area contributed by atoms with E-state index in [1.54, 1.807) is 47.9 Å². The summed E-state index contributed by atoms with van der Waals surface area (Å²) in [6.07, 6.45) is 7.14. The zero-order chi connectivity index (χ0) is 29.1. The summed E-state index contributed by atoms with van der Waals surface area (Å²) in [6, 6.07) is 19.1. The fourth-order valence-corrected chi connectivity index (χ4v) is 6.17. The monoisotopic (exact) mass is 647 g/mol. The number of carbonyl (C=O) groups excluding carboxylic acids is 1. The molecular formula is C31H23BrClN3O4S. The van der Waals surface area contributed by atoms with Crippen LogP contribution in [0, 0.1) is 12.3 Å². The van der Waals surface area contributed by atoms with Gasteiger partial charge in [-0.05, 0) is 55.0 Å². The highest BCUT2D eigenvalue weighted by Crippen LogP contribution is 2.36. The molecule has 206 valence electrons. The number of para-hydroxylation sites is 1. The van der Waals surface area contributed by atoms with Crippen molar-refractivity contribution in [2.24, 2.45) is 4.99 Å². The largest absolute Gasteiger partial charge is 0.493 e. The molecule has 1 aliphatic rings. The molecule has 0 bridgehead atoms. The molecule has 41 heavy (non-hydrogen) atoms. The van der Waals surface area contributed by atoms with Gasteiger partial charge in [0.1, 0.15) is 6.61 Å². The number of ether oxygens (including phenoxy) is 2. The zero-order valence-electron chi connectivity index (χ0n) is 22.0. The average molecular weight is 649 g/mol. The number of fused-ring (bicyclic) bond motifs is 1. The number of amides is 1. The van der Waals surface area contributed by atoms with Crippen LogP contribution in [0.1, 0.15) is 24.1 Å². The van der Waals surface area contributed by atoms with E-state index in [0.717, 1.165) is 10.0 Å². The number of terminal acetylenes is 1. The number of anilines is 1. The number of allylic oxidation sites excluding steroid dienone is 1. The van der Waals surface area contributed by atoms with Crippen LogP contribution in [0.5, 0.6) is 11.5 Å². The number of hydrogen-bond donors (Lipinski definition) is 1. The zero-order valence-corrected chi connectivity index (χ0v) is 25.1. The van der Waals surface area contributed by atoms with Gasteiger partial charge in [-0.2, -0.15) is 0 Å². The normalized spacial score (nSPS) is 14.6. The molecule has 4 aromatic rings. The topological polar surface area (TPSA) is 81.9 Å². The molecule has 1 N–H and O–H groups in total. The lowest BCUT2D eigenvalue weighted by atomic mass is 9.95. The summed E-state index contributed by atoms with van der Waals surface area (Å²) in [5.41, 5.74) is 2.50. The third-order valence-electron chi connectivity index (χ3n) is 6.34. The molecule has 1 atom stereocenters. The van der Waals surface area contributed by atoms with Crippen molar-refractivity contribution in [3.8, 4) is 23.8 Å². The van der Waals surface area contributed by atoms with Gasteiger partial charge < -0.3 is 14.8 Å². The number of carbonyl (C=O) groups is 1. The van der Waals surface area contributed by atoms with Crippen molar-refractivity contribution in [3.05, 3.63) is 118 Å². The summed E-state index contributed by atoms with van der Waals surface area (Å²) in [4.78, 5) is 32.9. The van der Waals surface area contributed by atoms with E-state index in [1.165, 1.54) is 18.4 Å². The molecule has 0 spiro atoms. The van der Waals surface area contributed by atoms with Crippen molar-refractivity contribution >= 4 is 56.5 Å². The molecule has 2 heterocycles. The summed E-state index contributed by atoms with van der Waals surface area (Å²) in [5, 5.41) is 3.48. The van der Waals surface area contributed by atoms with Gasteiger partial charge in [0.25, 0.3) is 11.5 Å². The van der Waals surface area contributed by atoms with Crippen LogP contribution in [0.2, 0.25) is 5.02 Å². The quantitative estimate of drug-likeness (QED) is 0.276. The molecule has 0 fully saturated rings. The van der Waals surface area contributed by atoms with Crippen LogP contribution in [-0.4, -0.2) is 24.2 Å². The Kier molecular flexibility index (Phi) is 8.45. The molecule has 5 rings (SSSR count). The number of thiazole rings is 1. The first-order chi connectivity index (χ1) is 19.8. The fraction of sp³-hybridized carbons (Fsp3) is 0.129. The molecule has 3 aromatic carbocycles. The first-order valence-corrected chi connectivity index (χ1v) is 14.4. The number of aromatic nitrogens is 1. The second-order valence-corrected chi connectivity index (χ2v) is 11.3. The molecule has 1 amide bonds. The minimum Gasteiger partial charge on any atom is -0.493 e. The van der Waals surface area contributed by atoms with Gasteiger partial charge in [0.15, 0.2) is 16.3 Å². The van der Waals surface area contributed by atoms with Crippen molar-refractivity contribution in [2.45, 2.75) is 13.0 Å². The van der Waals surface area contributed by atoms with Crippen LogP contribution >= 0.6 is 38.9 Å². The van der Waals surface area contributed by atoms with E-state index in [-0.39, 0.29) is 18.1 Å². The molecule has 0 saturated heterocycles. The minimum atomic E-state index is -0.733. The summed E-state index contributed by atoms with van der Waals surface area (Å²) in [5.74, 6) is 2.97. The lowest BCUT2D eigenvalue weighted by Crippen LogP contribution is -2.40. The smallest absolute Gasteiger partial charge is 0.271 e. The van der Waals surface area contributed by atoms with E-state index >= 15 is 0 Å². The van der Waals surface area contributed by atoms with Crippen LogP contribution in [0.4, 0.5) is 5.69 Å². The molecule has 0 radical (unpaired) electrons. The van der Waals surface area contributed by atoms with Crippen molar-refractivity contribution in [2.75, 3.05) is 19.0 Å². The molecular weight excluding hydrogens is 626 g/mol. The maximum absolute atomic E-state index is 14.1. The number of nitrogens with one attached hydrogen (secondary N) is 1. The highest BCUT2D eigenvalue weighted by atomic mass is 79.9. The number of hydrogen-bond acceptors (Lipinski definition) is 6. The Labute approximate surface area is 253 Å². The highest BCUT2D eigenvalue weighted by molar-refractivity contribution is 9.10. The van der Waals surface area contributed by atoms with Gasteiger partial charge >= 0.3 is 0 Å². The molecule has 1 aromatic heterocycles. The fourth-order valence-electron chi connectivity index (χ4n) is 4.55. The van der Waals surface area contributed by atoms with E-state index in [9.17, 15) is 9.59 Å². The molecule has 1 aliphatic heterocycles. The third-order valence-corrected chi connectivity index (χ3v) is 8.03. The van der Waals surface area contributed by atoms with E-state index in [1.807, 2.05) is 36.4 Å². The van der Waals surface area contributed by atoms with Crippen molar-refractivity contribution in [1.82, 2.24) is 4.57 Å². The average Bonchev–Trinajstić information content (AvgIpc) is 3.26. The maximum atomic E-state index is 14.1. The SMILES string of the molecule is C#CCOc1c(/C=c2\sc3n(c2=O)[C@@H](c2ccc(Cl)cc2)C(C(=O)Nc2ccccc2)=C(C)N=3)cc(Br)cc1OC. The Hall–Kier alpha value is -4.10. The van der Waals surface area contributed by atoms with Gasteiger partial charge in [-0.3, -0.25) is 14.2 Å². The second-order valence-electron chi connectivity index (χ2n) is 8.97. The summed E-state index contributed by atoms with van der Waals surface area (Å²) >= 11 is 10.9. The minimum absolute atomic E-state index is 0.0235. The van der Waals surface area contributed by atoms with Crippen LogP contribution in [-0.2, 0) is 4.79 Å². The Morgan fingerprint density at radius 1 is 1.22 bits per heavy atom. The Morgan fingerprint density at radius 3 is 2.63 bits per heavy atom. The van der Waals surface area contributed by atoms with Crippen LogP contribution in [0.25, 0.3) is 6.08 Å². The molecule has 10 heteroatoms. The van der Waals surface area contributed by atoms with Crippen LogP contribution in [0.3, 0.4) is 0 Å². The summed E-state index contributed by atoms with van der Waals surface area (Å²) in [6.45, 7) is 1.79. The van der Waals surface area contributed by atoms with E-state index in [0.29, 0.717) is 48.4 Å². The number of halogens is 2. The number of nitrogens with zero attached hydrogens (tertiary/aromatic N) is 2. The van der Waals surface area contributed by atoms with Crippen molar-refractivity contribution in [1.29, 1.82) is 0 Å². The lowest BCUT2D eigenvalue weighted by Gasteiger charge is -2.25. The lowest BCUT2D eigenvalue weighted by molar-refractivity contribution is -0.113. The van der Waals surface area contributed by atoms with Gasteiger partial charge in [-0.1, -0.05) is 75.1 Å². The molecule has 0 saturated carbocycles. The van der Waals surface area contributed by atoms with E-state index in [4.69, 9.17) is 32.5 Å². The Bertz CT molecular complexity index is 1890. The van der Waals surface area contributed by atoms with Crippen LogP contribution < -0.4 is 29.7 Å². The van der Waals surface area contributed by atoms with Gasteiger partial charge in [0, 0.05) is 20.7 Å². The van der Waals surface area contributed by atoms with E-state index < -0.39 is 6.04 Å². The van der Waals surface area contributed by atoms with Crippen molar-refractivity contribution in [3.63, 3.8) is 0 Å². The molecule has 0 aliphatic carbocycles. The Balaban J connectivity index is 1.69.